The fourth-order valence-corrected chi connectivity index (χ4v) is 3.74. The molecule has 1 heterocycles. The summed E-state index contributed by atoms with van der Waals surface area (Å²) in [6, 6.07) is 6.19. The Morgan fingerprint density at radius 1 is 1.45 bits per heavy atom. The van der Waals surface area contributed by atoms with Gasteiger partial charge in [0, 0.05) is 42.6 Å². The average Bonchev–Trinajstić information content (AvgIpc) is 2.82. The summed E-state index contributed by atoms with van der Waals surface area (Å²) in [7, 11) is 1.24. The van der Waals surface area contributed by atoms with Crippen LogP contribution in [0.25, 0.3) is 10.9 Å². The number of carbonyl (C=O) groups excluding carboxylic acids is 2. The molecule has 0 aliphatic carbocycles. The number of halogens is 2. The summed E-state index contributed by atoms with van der Waals surface area (Å²) in [5.41, 5.74) is 0.970. The summed E-state index contributed by atoms with van der Waals surface area (Å²) in [4.78, 5) is 23.4. The predicted octanol–water partition coefficient (Wildman–Crippen LogP) is 3.93. The predicted molar refractivity (Wildman–Crippen MR) is 92.3 cm³/mol. The topological polar surface area (TPSA) is 74.9 Å². The molecule has 2 aromatic rings. The number of nitriles is 1. The van der Waals surface area contributed by atoms with E-state index in [1.807, 2.05) is 27.3 Å². The summed E-state index contributed by atoms with van der Waals surface area (Å²) >= 11 is 2.00. The molecule has 0 fully saturated rings. The van der Waals surface area contributed by atoms with Crippen molar-refractivity contribution in [3.8, 4) is 6.07 Å². The highest BCUT2D eigenvalue weighted by molar-refractivity contribution is 14.2. The number of amides is 1. The minimum absolute atomic E-state index is 0.0529. The highest BCUT2D eigenvalue weighted by Gasteiger charge is 2.22. The van der Waals surface area contributed by atoms with Gasteiger partial charge in [-0.3, -0.25) is 13.6 Å². The standard InChI is InChI=1S/C14H11FIN3O2S/c1-7(6-17)14(21)13-4-9-3-10(15)11(18-8(2)20)5-12(9)19(13)22-16/h3-5,7H,1-2H3,(H,18,20). The van der Waals surface area contributed by atoms with Crippen LogP contribution in [0.4, 0.5) is 10.1 Å². The van der Waals surface area contributed by atoms with Gasteiger partial charge in [-0.15, -0.1) is 0 Å². The monoisotopic (exact) mass is 431 g/mol. The molecule has 0 radical (unpaired) electrons. The molecule has 1 aromatic heterocycles. The Kier molecular flexibility index (Phi) is 5.08. The first-order valence-electron chi connectivity index (χ1n) is 6.24. The van der Waals surface area contributed by atoms with E-state index in [-0.39, 0.29) is 17.4 Å². The molecule has 0 aliphatic heterocycles. The van der Waals surface area contributed by atoms with E-state index in [1.54, 1.807) is 10.0 Å². The maximum Gasteiger partial charge on any atom is 0.221 e. The van der Waals surface area contributed by atoms with E-state index in [1.165, 1.54) is 35.1 Å². The number of hydrogen-bond acceptors (Lipinski definition) is 4. The van der Waals surface area contributed by atoms with Gasteiger partial charge in [0.05, 0.1) is 23.0 Å². The number of ketones is 1. The van der Waals surface area contributed by atoms with Gasteiger partial charge >= 0.3 is 0 Å². The van der Waals surface area contributed by atoms with Gasteiger partial charge in [0.2, 0.25) is 5.91 Å². The molecular weight excluding hydrogens is 420 g/mol. The van der Waals surface area contributed by atoms with Crippen LogP contribution < -0.4 is 5.32 Å². The van der Waals surface area contributed by atoms with E-state index in [2.05, 4.69) is 5.32 Å². The van der Waals surface area contributed by atoms with Crippen LogP contribution in [0.15, 0.2) is 18.2 Å². The van der Waals surface area contributed by atoms with Crippen LogP contribution in [0.1, 0.15) is 24.3 Å². The normalized spacial score (nSPS) is 12.0. The molecule has 0 aliphatic rings. The third-order valence-electron chi connectivity index (χ3n) is 3.07. The number of nitrogens with zero attached hydrogens (tertiary/aromatic N) is 2. The van der Waals surface area contributed by atoms with E-state index < -0.39 is 11.7 Å². The van der Waals surface area contributed by atoms with Crippen molar-refractivity contribution in [1.82, 2.24) is 3.97 Å². The second-order valence-electron chi connectivity index (χ2n) is 4.68. The Morgan fingerprint density at radius 3 is 2.68 bits per heavy atom. The number of nitrogens with one attached hydrogen (secondary N) is 1. The zero-order valence-corrected chi connectivity index (χ0v) is 14.7. The van der Waals surface area contributed by atoms with E-state index in [9.17, 15) is 14.0 Å². The fraction of sp³-hybridized carbons (Fsp3) is 0.214. The van der Waals surface area contributed by atoms with E-state index in [4.69, 9.17) is 5.26 Å². The van der Waals surface area contributed by atoms with Crippen molar-refractivity contribution in [2.24, 2.45) is 5.92 Å². The molecule has 1 atom stereocenters. The zero-order valence-electron chi connectivity index (χ0n) is 11.7. The molecule has 2 rings (SSSR count). The Morgan fingerprint density at radius 2 is 2.14 bits per heavy atom. The second-order valence-corrected chi connectivity index (χ2v) is 6.36. The maximum atomic E-state index is 14.0. The molecule has 1 aromatic carbocycles. The second kappa shape index (κ2) is 6.66. The van der Waals surface area contributed by atoms with Crippen molar-refractivity contribution in [2.45, 2.75) is 13.8 Å². The van der Waals surface area contributed by atoms with Crippen molar-refractivity contribution in [2.75, 3.05) is 5.32 Å². The van der Waals surface area contributed by atoms with Gasteiger partial charge in [-0.1, -0.05) is 0 Å². The van der Waals surface area contributed by atoms with E-state index >= 15 is 0 Å². The van der Waals surface area contributed by atoms with Gasteiger partial charge in [0.25, 0.3) is 0 Å². The van der Waals surface area contributed by atoms with Crippen molar-refractivity contribution in [3.05, 3.63) is 29.7 Å². The van der Waals surface area contributed by atoms with Crippen LogP contribution in [0, 0.1) is 23.1 Å². The molecule has 1 amide bonds. The molecule has 1 N–H and O–H groups in total. The van der Waals surface area contributed by atoms with Crippen molar-refractivity contribution >= 4 is 58.6 Å². The Balaban J connectivity index is 2.65. The summed E-state index contributed by atoms with van der Waals surface area (Å²) in [6.07, 6.45) is 0. The fourth-order valence-electron chi connectivity index (χ4n) is 2.02. The summed E-state index contributed by atoms with van der Waals surface area (Å²) in [6.45, 7) is 2.81. The van der Waals surface area contributed by atoms with Crippen molar-refractivity contribution in [1.29, 1.82) is 5.26 Å². The van der Waals surface area contributed by atoms with Crippen molar-refractivity contribution in [3.63, 3.8) is 0 Å². The highest BCUT2D eigenvalue weighted by atomic mass is 127. The molecule has 0 saturated carbocycles. The SMILES string of the molecule is CC(=O)Nc1cc2c(cc1F)cc(C(=O)C(C)C#N)n2SI. The molecule has 0 bridgehead atoms. The number of Topliss-reactive ketones (excluding diaryl/α,β-unsaturated/α-hetero) is 1. The maximum absolute atomic E-state index is 14.0. The van der Waals surface area contributed by atoms with Crippen LogP contribution in [-0.4, -0.2) is 15.7 Å². The number of carbonyl (C=O) groups is 2. The molecule has 114 valence electrons. The Hall–Kier alpha value is -1.60. The molecule has 0 spiro atoms. The molecule has 0 saturated heterocycles. The summed E-state index contributed by atoms with van der Waals surface area (Å²) in [5, 5.41) is 11.8. The van der Waals surface area contributed by atoms with Crippen LogP contribution in [0.3, 0.4) is 0 Å². The summed E-state index contributed by atoms with van der Waals surface area (Å²) in [5.74, 6) is -2.07. The third kappa shape index (κ3) is 3.10. The number of anilines is 1. The Labute approximate surface area is 142 Å². The largest absolute Gasteiger partial charge is 0.324 e. The first kappa shape index (κ1) is 16.8. The van der Waals surface area contributed by atoms with Gasteiger partial charge in [-0.05, 0) is 25.1 Å². The molecule has 22 heavy (non-hydrogen) atoms. The van der Waals surface area contributed by atoms with Gasteiger partial charge in [-0.2, -0.15) is 5.26 Å². The lowest BCUT2D eigenvalue weighted by molar-refractivity contribution is -0.114. The van der Waals surface area contributed by atoms with Crippen LogP contribution >= 0.6 is 30.3 Å². The lowest BCUT2D eigenvalue weighted by atomic mass is 10.1. The van der Waals surface area contributed by atoms with Crippen LogP contribution in [0.2, 0.25) is 0 Å². The molecule has 5 nitrogen and oxygen atoms in total. The number of fused-ring (bicyclic) bond motifs is 1. The smallest absolute Gasteiger partial charge is 0.221 e. The molecule has 8 heteroatoms. The average molecular weight is 431 g/mol. The van der Waals surface area contributed by atoms with Gasteiger partial charge < -0.3 is 5.32 Å². The number of aromatic nitrogens is 1. The minimum atomic E-state index is -0.786. The Bertz CT molecular complexity index is 813. The molecular formula is C14H11FIN3O2S. The van der Waals surface area contributed by atoms with Gasteiger partial charge in [0.15, 0.2) is 5.78 Å². The first-order chi connectivity index (χ1) is 10.4. The van der Waals surface area contributed by atoms with Gasteiger partial charge in [0.1, 0.15) is 11.7 Å². The number of benzene rings is 1. The first-order valence-corrected chi connectivity index (χ1v) is 9.56. The number of hydrogen-bond donors (Lipinski definition) is 1. The van der Waals surface area contributed by atoms with Gasteiger partial charge in [-0.25, -0.2) is 4.39 Å². The van der Waals surface area contributed by atoms with Crippen LogP contribution in [-0.2, 0) is 4.79 Å². The summed E-state index contributed by atoms with van der Waals surface area (Å²) < 4.78 is 15.6. The zero-order chi connectivity index (χ0) is 16.4. The number of rotatable bonds is 4. The molecule has 1 unspecified atom stereocenters. The minimum Gasteiger partial charge on any atom is -0.324 e. The van der Waals surface area contributed by atoms with Crippen LogP contribution in [0.5, 0.6) is 0 Å². The quantitative estimate of drug-likeness (QED) is 0.588. The van der Waals surface area contributed by atoms with Crippen molar-refractivity contribution < 1.29 is 14.0 Å². The lowest BCUT2D eigenvalue weighted by Gasteiger charge is -2.07. The lowest BCUT2D eigenvalue weighted by Crippen LogP contribution is -2.12. The van der Waals surface area contributed by atoms with E-state index in [0.29, 0.717) is 16.6 Å². The highest BCUT2D eigenvalue weighted by Crippen LogP contribution is 2.32. The third-order valence-corrected chi connectivity index (χ3v) is 4.78. The van der Waals surface area contributed by atoms with E-state index in [0.717, 1.165) is 0 Å².